The number of benzene rings is 2. The normalized spacial score (nSPS) is 10.9. The van der Waals surface area contributed by atoms with Gasteiger partial charge in [-0.2, -0.15) is 0 Å². The summed E-state index contributed by atoms with van der Waals surface area (Å²) in [4.78, 5) is 0.0500. The molecule has 0 spiro atoms. The lowest BCUT2D eigenvalue weighted by molar-refractivity contribution is 0.392. The van der Waals surface area contributed by atoms with Crippen LogP contribution in [0.3, 0.4) is 0 Å². The summed E-state index contributed by atoms with van der Waals surface area (Å²) in [5, 5.41) is 14.5. The van der Waals surface area contributed by atoms with Crippen molar-refractivity contribution in [2.75, 3.05) is 22.5 Å². The maximum atomic E-state index is 12.5. The molecule has 0 fully saturated rings. The second-order valence-corrected chi connectivity index (χ2v) is 8.70. The molecule has 0 radical (unpaired) electrons. The van der Waals surface area contributed by atoms with Crippen LogP contribution in [0.4, 0.5) is 17.2 Å². The van der Waals surface area contributed by atoms with Gasteiger partial charge in [-0.1, -0.05) is 23.2 Å². The number of halogens is 2. The summed E-state index contributed by atoms with van der Waals surface area (Å²) in [5.41, 5.74) is 1.25. The van der Waals surface area contributed by atoms with E-state index in [0.717, 1.165) is 0 Å². The van der Waals surface area contributed by atoms with Gasteiger partial charge in [-0.05, 0) is 60.7 Å². The first-order valence-corrected chi connectivity index (χ1v) is 11.0. The molecule has 0 bridgehead atoms. The van der Waals surface area contributed by atoms with E-state index in [0.29, 0.717) is 26.5 Å². The molecule has 3 aromatic rings. The van der Waals surface area contributed by atoms with Gasteiger partial charge in [0, 0.05) is 17.4 Å². The number of nitrogens with one attached hydrogen (secondary N) is 3. The zero-order valence-electron chi connectivity index (χ0n) is 15.4. The van der Waals surface area contributed by atoms with E-state index < -0.39 is 10.0 Å². The minimum atomic E-state index is -3.83. The standard InChI is InChI=1S/C18H15Cl2N5O3S2/c1-28-17-9-8-16(23-24-17)25-30(26,27)13-5-2-11(3-6-13)21-18(29)22-12-4-7-14(19)15(20)10-12/h2-10H,1H3,(H,23,25)(H2,21,22,29). The van der Waals surface area contributed by atoms with Gasteiger partial charge in [0.25, 0.3) is 10.0 Å². The Morgan fingerprint density at radius 2 is 1.60 bits per heavy atom. The number of rotatable bonds is 6. The van der Waals surface area contributed by atoms with Gasteiger partial charge in [0.05, 0.1) is 22.1 Å². The number of hydrogen-bond acceptors (Lipinski definition) is 6. The van der Waals surface area contributed by atoms with Crippen molar-refractivity contribution in [3.05, 3.63) is 64.6 Å². The van der Waals surface area contributed by atoms with Crippen molar-refractivity contribution in [2.24, 2.45) is 0 Å². The van der Waals surface area contributed by atoms with Crippen LogP contribution in [0.5, 0.6) is 5.88 Å². The fourth-order valence-corrected chi connectivity index (χ4v) is 3.79. The molecular formula is C18H15Cl2N5O3S2. The van der Waals surface area contributed by atoms with E-state index in [1.54, 1.807) is 30.3 Å². The van der Waals surface area contributed by atoms with E-state index in [2.05, 4.69) is 25.6 Å². The van der Waals surface area contributed by atoms with Crippen molar-refractivity contribution in [1.29, 1.82) is 0 Å². The Morgan fingerprint density at radius 3 is 2.20 bits per heavy atom. The Bertz CT molecular complexity index is 1160. The zero-order chi connectivity index (χ0) is 21.7. The highest BCUT2D eigenvalue weighted by Crippen LogP contribution is 2.25. The van der Waals surface area contributed by atoms with E-state index in [1.165, 1.54) is 31.4 Å². The molecule has 1 heterocycles. The molecule has 156 valence electrons. The lowest BCUT2D eigenvalue weighted by Gasteiger charge is -2.12. The van der Waals surface area contributed by atoms with E-state index in [1.807, 2.05) is 0 Å². The molecule has 3 rings (SSSR count). The third kappa shape index (κ3) is 5.70. The van der Waals surface area contributed by atoms with Crippen LogP contribution in [0.2, 0.25) is 10.0 Å². The van der Waals surface area contributed by atoms with Gasteiger partial charge in [-0.3, -0.25) is 4.72 Å². The number of ether oxygens (including phenoxy) is 1. The number of nitrogens with zero attached hydrogens (tertiary/aromatic N) is 2. The van der Waals surface area contributed by atoms with Crippen molar-refractivity contribution in [3.63, 3.8) is 0 Å². The fraction of sp³-hybridized carbons (Fsp3) is 0.0556. The Morgan fingerprint density at radius 1 is 0.933 bits per heavy atom. The summed E-state index contributed by atoms with van der Waals surface area (Å²) < 4.78 is 32.2. The molecule has 3 N–H and O–H groups in total. The van der Waals surface area contributed by atoms with E-state index >= 15 is 0 Å². The third-order valence-corrected chi connectivity index (χ3v) is 6.00. The molecule has 12 heteroatoms. The molecule has 1 aromatic heterocycles. The van der Waals surface area contributed by atoms with Crippen LogP contribution in [-0.4, -0.2) is 30.8 Å². The largest absolute Gasteiger partial charge is 0.480 e. The topological polar surface area (TPSA) is 105 Å². The van der Waals surface area contributed by atoms with Crippen molar-refractivity contribution in [2.45, 2.75) is 4.90 Å². The quantitative estimate of drug-likeness (QED) is 0.443. The van der Waals surface area contributed by atoms with Crippen LogP contribution in [0.25, 0.3) is 0 Å². The molecule has 0 aliphatic heterocycles. The van der Waals surface area contributed by atoms with Gasteiger partial charge in [-0.15, -0.1) is 10.2 Å². The predicted molar refractivity (Wildman–Crippen MR) is 122 cm³/mol. The van der Waals surface area contributed by atoms with Gasteiger partial charge in [-0.25, -0.2) is 8.42 Å². The summed E-state index contributed by atoms with van der Waals surface area (Å²) in [6.07, 6.45) is 0. The van der Waals surface area contributed by atoms with Crippen molar-refractivity contribution in [3.8, 4) is 5.88 Å². The minimum Gasteiger partial charge on any atom is -0.480 e. The van der Waals surface area contributed by atoms with E-state index in [9.17, 15) is 8.42 Å². The number of anilines is 3. The molecule has 0 amide bonds. The zero-order valence-corrected chi connectivity index (χ0v) is 18.5. The predicted octanol–water partition coefficient (Wildman–Crippen LogP) is 4.40. The molecule has 0 aliphatic rings. The maximum Gasteiger partial charge on any atom is 0.263 e. The molecule has 30 heavy (non-hydrogen) atoms. The molecule has 2 aromatic carbocycles. The van der Waals surface area contributed by atoms with Gasteiger partial charge >= 0.3 is 0 Å². The van der Waals surface area contributed by atoms with Crippen LogP contribution in [0.15, 0.2) is 59.5 Å². The summed E-state index contributed by atoms with van der Waals surface area (Å²) in [5.74, 6) is 0.351. The van der Waals surface area contributed by atoms with Gasteiger partial charge < -0.3 is 15.4 Å². The lowest BCUT2D eigenvalue weighted by Crippen LogP contribution is -2.19. The molecular weight excluding hydrogens is 469 g/mol. The van der Waals surface area contributed by atoms with Crippen LogP contribution in [0, 0.1) is 0 Å². The minimum absolute atomic E-state index is 0.0500. The average Bonchev–Trinajstić information content (AvgIpc) is 2.71. The van der Waals surface area contributed by atoms with Crippen LogP contribution in [0.1, 0.15) is 0 Å². The van der Waals surface area contributed by atoms with Crippen molar-refractivity contribution in [1.82, 2.24) is 10.2 Å². The van der Waals surface area contributed by atoms with Crippen LogP contribution >= 0.6 is 35.4 Å². The number of methoxy groups -OCH3 is 1. The number of sulfonamides is 1. The number of thiocarbonyl (C=S) groups is 1. The summed E-state index contributed by atoms with van der Waals surface area (Å²) in [6.45, 7) is 0. The first-order valence-electron chi connectivity index (χ1n) is 8.30. The molecule has 0 unspecified atom stereocenters. The Hall–Kier alpha value is -2.66. The van der Waals surface area contributed by atoms with Crippen molar-refractivity contribution >= 4 is 67.7 Å². The number of aromatic nitrogens is 2. The average molecular weight is 484 g/mol. The third-order valence-electron chi connectivity index (χ3n) is 3.69. The molecule has 0 atom stereocenters. The van der Waals surface area contributed by atoms with Gasteiger partial charge in [0.1, 0.15) is 0 Å². The second-order valence-electron chi connectivity index (χ2n) is 5.80. The van der Waals surface area contributed by atoms with Gasteiger partial charge in [0.2, 0.25) is 5.88 Å². The van der Waals surface area contributed by atoms with Crippen LogP contribution in [-0.2, 0) is 10.0 Å². The summed E-state index contributed by atoms with van der Waals surface area (Å²) >= 11 is 17.1. The Labute approximate surface area is 188 Å². The van der Waals surface area contributed by atoms with Crippen LogP contribution < -0.4 is 20.1 Å². The summed E-state index contributed by atoms with van der Waals surface area (Å²) in [6, 6.07) is 14.0. The first-order chi connectivity index (χ1) is 14.3. The second kappa shape index (κ2) is 9.43. The molecule has 0 saturated heterocycles. The lowest BCUT2D eigenvalue weighted by atomic mass is 10.3. The Balaban J connectivity index is 1.64. The van der Waals surface area contributed by atoms with E-state index in [4.69, 9.17) is 40.2 Å². The van der Waals surface area contributed by atoms with Crippen molar-refractivity contribution < 1.29 is 13.2 Å². The molecule has 0 aliphatic carbocycles. The highest BCUT2D eigenvalue weighted by atomic mass is 35.5. The molecule has 0 saturated carbocycles. The van der Waals surface area contributed by atoms with Gasteiger partial charge in [0.15, 0.2) is 10.9 Å². The summed E-state index contributed by atoms with van der Waals surface area (Å²) in [7, 11) is -2.39. The number of hydrogen-bond donors (Lipinski definition) is 3. The highest BCUT2D eigenvalue weighted by molar-refractivity contribution is 7.92. The maximum absolute atomic E-state index is 12.5. The molecule has 8 nitrogen and oxygen atoms in total. The Kier molecular flexibility index (Phi) is 6.93. The smallest absolute Gasteiger partial charge is 0.263 e. The van der Waals surface area contributed by atoms with E-state index in [-0.39, 0.29) is 16.6 Å². The fourth-order valence-electron chi connectivity index (χ4n) is 2.26. The SMILES string of the molecule is COc1ccc(NS(=O)(=O)c2ccc(NC(=S)Nc3ccc(Cl)c(Cl)c3)cc2)nn1. The first kappa shape index (κ1) is 22.0. The monoisotopic (exact) mass is 483 g/mol. The highest BCUT2D eigenvalue weighted by Gasteiger charge is 2.15.